The Morgan fingerprint density at radius 3 is 2.32 bits per heavy atom. The summed E-state index contributed by atoms with van der Waals surface area (Å²) < 4.78 is 29.6. The van der Waals surface area contributed by atoms with Crippen molar-refractivity contribution in [3.63, 3.8) is 0 Å². The fraction of sp³-hybridized carbons (Fsp3) is 0.400. The van der Waals surface area contributed by atoms with Crippen LogP contribution in [0.3, 0.4) is 0 Å². The first-order chi connectivity index (χ1) is 17.7. The maximum absolute atomic E-state index is 14.1. The van der Waals surface area contributed by atoms with Gasteiger partial charge in [0.05, 0.1) is 23.7 Å². The summed E-state index contributed by atoms with van der Waals surface area (Å²) in [6.45, 7) is 7.97. The number of phenols is 1. The van der Waals surface area contributed by atoms with Crippen molar-refractivity contribution >= 4 is 15.7 Å². The minimum atomic E-state index is -3.87. The average molecular weight is 523 g/mol. The number of anilines is 1. The van der Waals surface area contributed by atoms with Gasteiger partial charge in [0.1, 0.15) is 5.75 Å². The van der Waals surface area contributed by atoms with Crippen LogP contribution >= 0.6 is 0 Å². The SMILES string of the molecule is Cc1cc(C)c(S(=O)(=O)N(Cc2cccc(O)c2)c2ccc(CCCN3CCC[C@H]3CO)cc2)c(C)c1. The highest BCUT2D eigenvalue weighted by atomic mass is 32.2. The van der Waals surface area contributed by atoms with E-state index in [1.165, 1.54) is 4.31 Å². The monoisotopic (exact) mass is 522 g/mol. The van der Waals surface area contributed by atoms with Gasteiger partial charge in [-0.25, -0.2) is 8.42 Å². The second-order valence-electron chi connectivity index (χ2n) is 10.2. The minimum absolute atomic E-state index is 0.106. The Morgan fingerprint density at radius 2 is 1.68 bits per heavy atom. The molecule has 1 heterocycles. The van der Waals surface area contributed by atoms with E-state index in [4.69, 9.17) is 0 Å². The quantitative estimate of drug-likeness (QED) is 0.387. The second kappa shape index (κ2) is 11.7. The molecule has 1 aliphatic rings. The summed E-state index contributed by atoms with van der Waals surface area (Å²) >= 11 is 0. The minimum Gasteiger partial charge on any atom is -0.508 e. The van der Waals surface area contributed by atoms with Gasteiger partial charge in [0.15, 0.2) is 0 Å². The lowest BCUT2D eigenvalue weighted by molar-refractivity contribution is 0.158. The van der Waals surface area contributed by atoms with E-state index in [1.807, 2.05) is 63.2 Å². The molecule has 0 aromatic heterocycles. The van der Waals surface area contributed by atoms with Crippen LogP contribution in [0.5, 0.6) is 5.75 Å². The number of hydrogen-bond donors (Lipinski definition) is 2. The van der Waals surface area contributed by atoms with E-state index in [1.54, 1.807) is 18.2 Å². The van der Waals surface area contributed by atoms with E-state index in [0.29, 0.717) is 16.1 Å². The zero-order chi connectivity index (χ0) is 26.6. The van der Waals surface area contributed by atoms with Crippen molar-refractivity contribution in [1.82, 2.24) is 4.90 Å². The number of rotatable bonds is 10. The number of benzene rings is 3. The number of hydrogen-bond acceptors (Lipinski definition) is 5. The normalized spacial score (nSPS) is 16.3. The molecule has 2 N–H and O–H groups in total. The van der Waals surface area contributed by atoms with E-state index in [9.17, 15) is 18.6 Å². The molecule has 0 amide bonds. The van der Waals surface area contributed by atoms with Crippen molar-refractivity contribution in [2.45, 2.75) is 63.9 Å². The maximum atomic E-state index is 14.1. The first-order valence-electron chi connectivity index (χ1n) is 13.0. The van der Waals surface area contributed by atoms with Gasteiger partial charge in [-0.1, -0.05) is 42.0 Å². The third-order valence-corrected chi connectivity index (χ3v) is 9.31. The summed E-state index contributed by atoms with van der Waals surface area (Å²) in [6, 6.07) is 18.6. The molecule has 0 spiro atoms. The fourth-order valence-electron chi connectivity index (χ4n) is 5.53. The van der Waals surface area contributed by atoms with E-state index >= 15 is 0 Å². The molecule has 198 valence electrons. The number of aryl methyl sites for hydroxylation is 4. The van der Waals surface area contributed by atoms with Gasteiger partial charge in [-0.2, -0.15) is 0 Å². The van der Waals surface area contributed by atoms with Gasteiger partial charge >= 0.3 is 0 Å². The summed E-state index contributed by atoms with van der Waals surface area (Å²) in [7, 11) is -3.87. The van der Waals surface area contributed by atoms with Crippen LogP contribution in [0.25, 0.3) is 0 Å². The highest BCUT2D eigenvalue weighted by molar-refractivity contribution is 7.92. The number of nitrogens with zero attached hydrogens (tertiary/aromatic N) is 2. The Morgan fingerprint density at radius 1 is 0.973 bits per heavy atom. The number of phenolic OH excluding ortho intramolecular Hbond substituents is 1. The molecule has 7 heteroatoms. The van der Waals surface area contributed by atoms with Gasteiger partial charge in [-0.3, -0.25) is 9.21 Å². The molecule has 3 aromatic carbocycles. The fourth-order valence-corrected chi connectivity index (χ4v) is 7.40. The van der Waals surface area contributed by atoms with Crippen LogP contribution in [0.1, 0.15) is 47.1 Å². The van der Waals surface area contributed by atoms with E-state index in [2.05, 4.69) is 4.90 Å². The standard InChI is InChI=1S/C30H38N2O4S/c1-22-17-23(2)30(24(3)18-22)37(35,36)32(20-26-7-4-10-29(34)19-26)27-13-11-25(12-14-27)8-5-15-31-16-6-9-28(31)21-33/h4,7,10-14,17-19,28,33-34H,5-6,8-9,15-16,20-21H2,1-3H3/t28-/m0/s1. The molecule has 0 bridgehead atoms. The van der Waals surface area contributed by atoms with Crippen LogP contribution in [0.15, 0.2) is 65.6 Å². The Labute approximate surface area is 221 Å². The van der Waals surface area contributed by atoms with Crippen LogP contribution in [-0.4, -0.2) is 49.3 Å². The molecule has 1 atom stereocenters. The second-order valence-corrected chi connectivity index (χ2v) is 12.0. The number of aliphatic hydroxyl groups is 1. The molecule has 0 unspecified atom stereocenters. The predicted octanol–water partition coefficient (Wildman–Crippen LogP) is 5.10. The lowest BCUT2D eigenvalue weighted by Crippen LogP contribution is -2.33. The van der Waals surface area contributed by atoms with E-state index < -0.39 is 10.0 Å². The molecule has 1 saturated heterocycles. The van der Waals surface area contributed by atoms with Gasteiger partial charge in [-0.15, -0.1) is 0 Å². The first kappa shape index (κ1) is 27.2. The van der Waals surface area contributed by atoms with Crippen LogP contribution in [0, 0.1) is 20.8 Å². The molecule has 3 aromatic rings. The molecule has 0 aliphatic carbocycles. The lowest BCUT2D eigenvalue weighted by atomic mass is 10.1. The molecule has 1 aliphatic heterocycles. The molecule has 1 fully saturated rings. The molecular weight excluding hydrogens is 484 g/mol. The third kappa shape index (κ3) is 6.35. The average Bonchev–Trinajstić information content (AvgIpc) is 3.30. The van der Waals surface area contributed by atoms with Gasteiger partial charge in [0, 0.05) is 6.04 Å². The Kier molecular flexibility index (Phi) is 8.57. The highest BCUT2D eigenvalue weighted by Gasteiger charge is 2.29. The molecule has 4 rings (SSSR count). The topological polar surface area (TPSA) is 81.1 Å². The molecule has 6 nitrogen and oxygen atoms in total. The Hall–Kier alpha value is -2.87. The van der Waals surface area contributed by atoms with Crippen LogP contribution < -0.4 is 4.31 Å². The van der Waals surface area contributed by atoms with Crippen molar-refractivity contribution < 1.29 is 18.6 Å². The van der Waals surface area contributed by atoms with Crippen molar-refractivity contribution in [2.75, 3.05) is 24.0 Å². The summed E-state index contributed by atoms with van der Waals surface area (Å²) in [5.74, 6) is 0.106. The Bertz CT molecular complexity index is 1300. The molecule has 0 radical (unpaired) electrons. The third-order valence-electron chi connectivity index (χ3n) is 7.23. The first-order valence-corrected chi connectivity index (χ1v) is 14.5. The van der Waals surface area contributed by atoms with Gasteiger partial charge in [-0.05, 0) is 106 Å². The van der Waals surface area contributed by atoms with Crippen LogP contribution in [-0.2, 0) is 23.0 Å². The van der Waals surface area contributed by atoms with Crippen molar-refractivity contribution in [2.24, 2.45) is 0 Å². The summed E-state index contributed by atoms with van der Waals surface area (Å²) in [5, 5.41) is 19.5. The zero-order valence-corrected chi connectivity index (χ0v) is 22.8. The van der Waals surface area contributed by atoms with E-state index in [0.717, 1.165) is 61.0 Å². The predicted molar refractivity (Wildman–Crippen MR) is 149 cm³/mol. The zero-order valence-electron chi connectivity index (χ0n) is 22.0. The van der Waals surface area contributed by atoms with Crippen LogP contribution in [0.4, 0.5) is 5.69 Å². The number of likely N-dealkylation sites (tertiary alicyclic amines) is 1. The molecule has 0 saturated carbocycles. The summed E-state index contributed by atoms with van der Waals surface area (Å²) in [5.41, 5.74) is 4.92. The molecule has 37 heavy (non-hydrogen) atoms. The van der Waals surface area contributed by atoms with Gasteiger partial charge < -0.3 is 10.2 Å². The van der Waals surface area contributed by atoms with Gasteiger partial charge in [0.25, 0.3) is 10.0 Å². The highest BCUT2D eigenvalue weighted by Crippen LogP contribution is 2.31. The summed E-state index contributed by atoms with van der Waals surface area (Å²) in [4.78, 5) is 2.69. The number of aromatic hydroxyl groups is 1. The Balaban J connectivity index is 1.59. The largest absolute Gasteiger partial charge is 0.508 e. The smallest absolute Gasteiger partial charge is 0.265 e. The molecular formula is C30H38N2O4S. The number of sulfonamides is 1. The lowest BCUT2D eigenvalue weighted by Gasteiger charge is -2.27. The maximum Gasteiger partial charge on any atom is 0.265 e. The number of aliphatic hydroxyl groups excluding tert-OH is 1. The van der Waals surface area contributed by atoms with Crippen LogP contribution in [0.2, 0.25) is 0 Å². The van der Waals surface area contributed by atoms with Crippen molar-refractivity contribution in [3.05, 3.63) is 88.5 Å². The van der Waals surface area contributed by atoms with Crippen molar-refractivity contribution in [1.29, 1.82) is 0 Å². The van der Waals surface area contributed by atoms with E-state index in [-0.39, 0.29) is 24.9 Å². The van der Waals surface area contributed by atoms with Crippen molar-refractivity contribution in [3.8, 4) is 5.75 Å². The summed E-state index contributed by atoms with van der Waals surface area (Å²) in [6.07, 6.45) is 4.09. The van der Waals surface area contributed by atoms with Gasteiger partial charge in [0.2, 0.25) is 0 Å².